The number of aryl methyl sites for hydroxylation is 1. The zero-order chi connectivity index (χ0) is 22.5. The highest BCUT2D eigenvalue weighted by Crippen LogP contribution is 2.22. The summed E-state index contributed by atoms with van der Waals surface area (Å²) in [7, 11) is 0. The topological polar surface area (TPSA) is 116 Å². The molecular weight excluding hydrogens is 422 g/mol. The number of halogens is 1. The third-order valence-electron chi connectivity index (χ3n) is 4.99. The van der Waals surface area contributed by atoms with Gasteiger partial charge < -0.3 is 20.3 Å². The van der Waals surface area contributed by atoms with Gasteiger partial charge in [-0.1, -0.05) is 23.7 Å². The average Bonchev–Trinajstić information content (AvgIpc) is 3.16. The van der Waals surface area contributed by atoms with Crippen LogP contribution < -0.4 is 10.6 Å². The van der Waals surface area contributed by atoms with E-state index >= 15 is 0 Å². The Morgan fingerprint density at radius 2 is 1.94 bits per heavy atom. The van der Waals surface area contributed by atoms with Gasteiger partial charge >= 0.3 is 6.09 Å². The number of ether oxygens (including phenoxy) is 1. The Bertz CT molecular complexity index is 946. The van der Waals surface area contributed by atoms with Gasteiger partial charge in [0, 0.05) is 19.1 Å². The number of H-pyrrole nitrogens is 1. The largest absolute Gasteiger partial charge is 0.447 e. The number of anilines is 1. The van der Waals surface area contributed by atoms with E-state index in [1.54, 1.807) is 43.9 Å². The van der Waals surface area contributed by atoms with E-state index in [1.165, 1.54) is 6.20 Å². The lowest BCUT2D eigenvalue weighted by Gasteiger charge is -2.32. The summed E-state index contributed by atoms with van der Waals surface area (Å²) >= 11 is 6.16. The normalized spacial score (nSPS) is 14.4. The molecule has 166 valence electrons. The molecule has 0 atom stereocenters. The predicted molar refractivity (Wildman–Crippen MR) is 116 cm³/mol. The van der Waals surface area contributed by atoms with Crippen molar-refractivity contribution in [1.29, 1.82) is 0 Å². The molecule has 3 N–H and O–H groups in total. The highest BCUT2D eigenvalue weighted by atomic mass is 35.5. The van der Waals surface area contributed by atoms with Gasteiger partial charge in [0.05, 0.1) is 28.6 Å². The minimum Gasteiger partial charge on any atom is -0.447 e. The summed E-state index contributed by atoms with van der Waals surface area (Å²) in [5.74, 6) is -0.803. The van der Waals surface area contributed by atoms with Crippen LogP contribution in [0.5, 0.6) is 0 Å². The zero-order valence-electron chi connectivity index (χ0n) is 17.7. The van der Waals surface area contributed by atoms with E-state index in [0.717, 1.165) is 5.56 Å². The van der Waals surface area contributed by atoms with Crippen molar-refractivity contribution in [2.24, 2.45) is 0 Å². The van der Waals surface area contributed by atoms with Gasteiger partial charge in [0.1, 0.15) is 5.69 Å². The van der Waals surface area contributed by atoms with E-state index in [0.29, 0.717) is 36.5 Å². The summed E-state index contributed by atoms with van der Waals surface area (Å²) in [6.45, 7) is 6.38. The summed E-state index contributed by atoms with van der Waals surface area (Å²) < 4.78 is 5.21. The molecule has 0 radical (unpaired) electrons. The van der Waals surface area contributed by atoms with Gasteiger partial charge in [0.25, 0.3) is 11.8 Å². The average molecular weight is 448 g/mol. The van der Waals surface area contributed by atoms with Gasteiger partial charge in [-0.05, 0) is 45.2 Å². The maximum absolute atomic E-state index is 12.7. The molecule has 1 saturated heterocycles. The molecule has 1 aliphatic heterocycles. The second-order valence-corrected chi connectivity index (χ2v) is 8.12. The number of carbonyl (C=O) groups excluding carboxylic acids is 3. The monoisotopic (exact) mass is 447 g/mol. The number of likely N-dealkylation sites (tertiary alicyclic amines) is 1. The van der Waals surface area contributed by atoms with Gasteiger partial charge in [0.2, 0.25) is 0 Å². The Morgan fingerprint density at radius 3 is 2.58 bits per heavy atom. The molecule has 2 heterocycles. The number of benzene rings is 1. The number of rotatable bonds is 5. The third-order valence-corrected chi connectivity index (χ3v) is 5.30. The fraction of sp³-hybridized carbons (Fsp3) is 0.429. The Labute approximate surface area is 185 Å². The number of aromatic amines is 1. The Kier molecular flexibility index (Phi) is 7.17. The van der Waals surface area contributed by atoms with Crippen LogP contribution in [0.2, 0.25) is 5.02 Å². The number of nitrogens with one attached hydrogen (secondary N) is 3. The van der Waals surface area contributed by atoms with Crippen molar-refractivity contribution >= 4 is 35.2 Å². The Morgan fingerprint density at radius 1 is 1.23 bits per heavy atom. The van der Waals surface area contributed by atoms with Crippen LogP contribution in [0.1, 0.15) is 53.1 Å². The van der Waals surface area contributed by atoms with Gasteiger partial charge in [-0.2, -0.15) is 5.10 Å². The number of aromatic nitrogens is 2. The highest BCUT2D eigenvalue weighted by molar-refractivity contribution is 6.34. The first kappa shape index (κ1) is 22.6. The first-order valence-electron chi connectivity index (χ1n) is 10.1. The summed E-state index contributed by atoms with van der Waals surface area (Å²) in [5, 5.41) is 12.5. The van der Waals surface area contributed by atoms with Crippen LogP contribution in [0.25, 0.3) is 0 Å². The molecule has 1 aromatic heterocycles. The van der Waals surface area contributed by atoms with Crippen molar-refractivity contribution in [3.05, 3.63) is 46.2 Å². The molecule has 1 aromatic carbocycles. The maximum atomic E-state index is 12.7. The summed E-state index contributed by atoms with van der Waals surface area (Å²) in [6.07, 6.45) is 2.08. The van der Waals surface area contributed by atoms with Crippen LogP contribution in [0, 0.1) is 6.92 Å². The maximum Gasteiger partial charge on any atom is 0.410 e. The van der Waals surface area contributed by atoms with Crippen LogP contribution in [0.3, 0.4) is 0 Å². The van der Waals surface area contributed by atoms with Crippen molar-refractivity contribution in [3.63, 3.8) is 0 Å². The Hall–Kier alpha value is -3.07. The molecule has 1 aliphatic rings. The first-order valence-corrected chi connectivity index (χ1v) is 10.5. The minimum atomic E-state index is -0.421. The molecule has 0 saturated carbocycles. The van der Waals surface area contributed by atoms with Crippen LogP contribution in [0.4, 0.5) is 10.5 Å². The molecule has 0 bridgehead atoms. The van der Waals surface area contributed by atoms with E-state index in [1.807, 2.05) is 0 Å². The van der Waals surface area contributed by atoms with Gasteiger partial charge in [-0.25, -0.2) is 4.79 Å². The lowest BCUT2D eigenvalue weighted by Crippen LogP contribution is -2.47. The molecule has 1 fully saturated rings. The van der Waals surface area contributed by atoms with Crippen molar-refractivity contribution in [2.45, 2.75) is 45.8 Å². The quantitative estimate of drug-likeness (QED) is 0.649. The van der Waals surface area contributed by atoms with E-state index < -0.39 is 5.91 Å². The van der Waals surface area contributed by atoms with Gasteiger partial charge in [-0.3, -0.25) is 14.7 Å². The van der Waals surface area contributed by atoms with Gasteiger partial charge in [-0.15, -0.1) is 0 Å². The van der Waals surface area contributed by atoms with Crippen LogP contribution in [0.15, 0.2) is 24.4 Å². The molecule has 3 amide bonds. The van der Waals surface area contributed by atoms with E-state index in [-0.39, 0.29) is 35.5 Å². The second-order valence-electron chi connectivity index (χ2n) is 7.71. The summed E-state index contributed by atoms with van der Waals surface area (Å²) in [6, 6.07) is 5.08. The molecule has 0 spiro atoms. The van der Waals surface area contributed by atoms with Gasteiger partial charge in [0.15, 0.2) is 0 Å². The Balaban J connectivity index is 1.59. The van der Waals surface area contributed by atoms with E-state index in [4.69, 9.17) is 16.3 Å². The predicted octanol–water partition coefficient (Wildman–Crippen LogP) is 3.36. The standard InChI is InChI=1S/C21H26ClN5O4/c1-12(2)31-21(30)27-9-7-14(8-10-27)24-20(29)18-16(11-23-26-18)25-19(28)17-13(3)5-4-6-15(17)22/h4-6,11-12,14H,7-10H2,1-3H3,(H,23,26)(H,24,29)(H,25,28). The second kappa shape index (κ2) is 9.82. The highest BCUT2D eigenvalue weighted by Gasteiger charge is 2.27. The van der Waals surface area contributed by atoms with Crippen molar-refractivity contribution in [3.8, 4) is 0 Å². The number of piperidine rings is 1. The van der Waals surface area contributed by atoms with E-state index in [2.05, 4.69) is 20.8 Å². The van der Waals surface area contributed by atoms with Crippen molar-refractivity contribution in [2.75, 3.05) is 18.4 Å². The SMILES string of the molecule is Cc1cccc(Cl)c1C(=O)Nc1cn[nH]c1C(=O)NC1CCN(C(=O)OC(C)C)CC1. The molecule has 0 unspecified atom stereocenters. The number of hydrogen-bond acceptors (Lipinski definition) is 5. The molecule has 9 nitrogen and oxygen atoms in total. The molecular formula is C21H26ClN5O4. The van der Waals surface area contributed by atoms with Crippen LogP contribution in [-0.2, 0) is 4.74 Å². The molecule has 10 heteroatoms. The molecule has 31 heavy (non-hydrogen) atoms. The van der Waals surface area contributed by atoms with Crippen LogP contribution >= 0.6 is 11.6 Å². The number of hydrogen-bond donors (Lipinski definition) is 3. The number of nitrogens with zero attached hydrogens (tertiary/aromatic N) is 2. The lowest BCUT2D eigenvalue weighted by atomic mass is 10.1. The minimum absolute atomic E-state index is 0.103. The lowest BCUT2D eigenvalue weighted by molar-refractivity contribution is 0.0667. The number of amides is 3. The van der Waals surface area contributed by atoms with E-state index in [9.17, 15) is 14.4 Å². The molecule has 3 rings (SSSR count). The smallest absolute Gasteiger partial charge is 0.410 e. The third kappa shape index (κ3) is 5.55. The summed E-state index contributed by atoms with van der Waals surface area (Å²) in [4.78, 5) is 39.0. The first-order chi connectivity index (χ1) is 14.8. The zero-order valence-corrected chi connectivity index (χ0v) is 18.5. The molecule has 2 aromatic rings. The van der Waals surface area contributed by atoms with Crippen molar-refractivity contribution < 1.29 is 19.1 Å². The number of carbonyl (C=O) groups is 3. The van der Waals surface area contributed by atoms with Crippen LogP contribution in [-0.4, -0.2) is 58.2 Å². The fourth-order valence-electron chi connectivity index (χ4n) is 3.40. The fourth-order valence-corrected chi connectivity index (χ4v) is 3.71. The summed E-state index contributed by atoms with van der Waals surface area (Å²) in [5.41, 5.74) is 1.49. The molecule has 0 aliphatic carbocycles. The van der Waals surface area contributed by atoms with Crippen molar-refractivity contribution in [1.82, 2.24) is 20.4 Å².